The summed E-state index contributed by atoms with van der Waals surface area (Å²) in [6, 6.07) is 7.35. The zero-order chi connectivity index (χ0) is 12.3. The number of benzene rings is 1. The number of hydrogen-bond donors (Lipinski definition) is 2. The van der Waals surface area contributed by atoms with Gasteiger partial charge in [-0.2, -0.15) is 0 Å². The highest BCUT2D eigenvalue weighted by Crippen LogP contribution is 2.15. The first-order chi connectivity index (χ1) is 8.16. The number of hydrogen-bond acceptors (Lipinski definition) is 4. The van der Waals surface area contributed by atoms with Crippen molar-refractivity contribution < 1.29 is 4.79 Å². The zero-order valence-electron chi connectivity index (χ0n) is 8.81. The average Bonchev–Trinajstić information content (AvgIpc) is 2.74. The van der Waals surface area contributed by atoms with E-state index in [-0.39, 0.29) is 5.91 Å². The van der Waals surface area contributed by atoms with Gasteiger partial charge >= 0.3 is 0 Å². The Morgan fingerprint density at radius 3 is 2.88 bits per heavy atom. The van der Waals surface area contributed by atoms with Gasteiger partial charge in [-0.1, -0.05) is 29.8 Å². The van der Waals surface area contributed by atoms with Crippen LogP contribution in [-0.2, 0) is 6.54 Å². The maximum atomic E-state index is 11.7. The Labute approximate surface area is 107 Å². The van der Waals surface area contributed by atoms with E-state index in [9.17, 15) is 4.79 Å². The van der Waals surface area contributed by atoms with Crippen LogP contribution in [0.2, 0.25) is 5.02 Å². The lowest BCUT2D eigenvalue weighted by atomic mass is 10.2. The Bertz CT molecular complexity index is 541. The SMILES string of the molecule is Nc1nc(C(=O)NCc2ccccc2Cl)cs1. The molecule has 1 heterocycles. The summed E-state index contributed by atoms with van der Waals surface area (Å²) in [6.45, 7) is 0.371. The molecule has 1 aromatic heterocycles. The number of anilines is 1. The van der Waals surface area contributed by atoms with Crippen LogP contribution in [0.25, 0.3) is 0 Å². The molecule has 88 valence electrons. The van der Waals surface area contributed by atoms with Crippen LogP contribution in [0.3, 0.4) is 0 Å². The highest BCUT2D eigenvalue weighted by atomic mass is 35.5. The van der Waals surface area contributed by atoms with Crippen LogP contribution < -0.4 is 11.1 Å². The molecule has 0 atom stereocenters. The molecule has 2 aromatic rings. The van der Waals surface area contributed by atoms with Gasteiger partial charge in [0.1, 0.15) is 5.69 Å². The number of nitrogen functional groups attached to an aromatic ring is 1. The lowest BCUT2D eigenvalue weighted by Crippen LogP contribution is -2.23. The van der Waals surface area contributed by atoms with Crippen molar-refractivity contribution in [3.63, 3.8) is 0 Å². The molecule has 0 spiro atoms. The summed E-state index contributed by atoms with van der Waals surface area (Å²) in [4.78, 5) is 15.6. The fraction of sp³-hybridized carbons (Fsp3) is 0.0909. The first-order valence-electron chi connectivity index (χ1n) is 4.89. The van der Waals surface area contributed by atoms with Crippen molar-refractivity contribution in [1.82, 2.24) is 10.3 Å². The molecule has 1 aromatic carbocycles. The van der Waals surface area contributed by atoms with Crippen LogP contribution in [0, 0.1) is 0 Å². The molecule has 0 aliphatic carbocycles. The molecule has 0 aliphatic heterocycles. The van der Waals surface area contributed by atoms with Crippen molar-refractivity contribution in [3.05, 3.63) is 45.9 Å². The molecule has 17 heavy (non-hydrogen) atoms. The molecule has 4 nitrogen and oxygen atoms in total. The topological polar surface area (TPSA) is 68.0 Å². The summed E-state index contributed by atoms with van der Waals surface area (Å²) >= 11 is 7.21. The highest BCUT2D eigenvalue weighted by Gasteiger charge is 2.09. The smallest absolute Gasteiger partial charge is 0.271 e. The van der Waals surface area contributed by atoms with E-state index in [1.54, 1.807) is 11.4 Å². The Morgan fingerprint density at radius 2 is 2.24 bits per heavy atom. The second kappa shape index (κ2) is 5.16. The van der Waals surface area contributed by atoms with Gasteiger partial charge in [-0.25, -0.2) is 4.98 Å². The quantitative estimate of drug-likeness (QED) is 0.897. The molecule has 6 heteroatoms. The van der Waals surface area contributed by atoms with Crippen molar-refractivity contribution in [1.29, 1.82) is 0 Å². The van der Waals surface area contributed by atoms with Gasteiger partial charge < -0.3 is 11.1 Å². The monoisotopic (exact) mass is 267 g/mol. The molecule has 3 N–H and O–H groups in total. The van der Waals surface area contributed by atoms with E-state index in [2.05, 4.69) is 10.3 Å². The van der Waals surface area contributed by atoms with Crippen LogP contribution in [-0.4, -0.2) is 10.9 Å². The first kappa shape index (κ1) is 11.9. The summed E-state index contributed by atoms with van der Waals surface area (Å²) in [6.07, 6.45) is 0. The van der Waals surface area contributed by atoms with Crippen molar-refractivity contribution >= 4 is 34.0 Å². The highest BCUT2D eigenvalue weighted by molar-refractivity contribution is 7.13. The number of thiazole rings is 1. The third kappa shape index (κ3) is 2.95. The molecule has 2 rings (SSSR count). The predicted molar refractivity (Wildman–Crippen MR) is 69.1 cm³/mol. The molecule has 0 saturated carbocycles. The number of amides is 1. The number of rotatable bonds is 3. The van der Waals surface area contributed by atoms with Gasteiger partial charge in [-0.05, 0) is 11.6 Å². The molecule has 0 saturated heterocycles. The van der Waals surface area contributed by atoms with Crippen molar-refractivity contribution in [2.24, 2.45) is 0 Å². The van der Waals surface area contributed by atoms with Crippen molar-refractivity contribution in [2.45, 2.75) is 6.54 Å². The summed E-state index contributed by atoms with van der Waals surface area (Å²) in [5.74, 6) is -0.252. The second-order valence-corrected chi connectivity index (χ2v) is 4.64. The third-order valence-electron chi connectivity index (χ3n) is 2.15. The van der Waals surface area contributed by atoms with Crippen LogP contribution in [0.5, 0.6) is 0 Å². The minimum atomic E-state index is -0.252. The molecular weight excluding hydrogens is 258 g/mol. The average molecular weight is 268 g/mol. The molecular formula is C11H10ClN3OS. The second-order valence-electron chi connectivity index (χ2n) is 3.35. The van der Waals surface area contributed by atoms with Gasteiger partial charge in [-0.15, -0.1) is 11.3 Å². The standard InChI is InChI=1S/C11H10ClN3OS/c12-8-4-2-1-3-7(8)5-14-10(16)9-6-17-11(13)15-9/h1-4,6H,5H2,(H2,13,15)(H,14,16). The lowest BCUT2D eigenvalue weighted by molar-refractivity contribution is 0.0946. The number of nitrogens with one attached hydrogen (secondary N) is 1. The van der Waals surface area contributed by atoms with E-state index in [0.29, 0.717) is 22.4 Å². The van der Waals surface area contributed by atoms with Gasteiger partial charge in [0, 0.05) is 16.9 Å². The molecule has 0 aliphatic rings. The maximum Gasteiger partial charge on any atom is 0.271 e. The predicted octanol–water partition coefficient (Wildman–Crippen LogP) is 2.31. The number of carbonyl (C=O) groups excluding carboxylic acids is 1. The van der Waals surface area contributed by atoms with Gasteiger partial charge in [0.2, 0.25) is 0 Å². The fourth-order valence-corrected chi connectivity index (χ4v) is 2.05. The third-order valence-corrected chi connectivity index (χ3v) is 3.19. The first-order valence-corrected chi connectivity index (χ1v) is 6.15. The van der Waals surface area contributed by atoms with Gasteiger partial charge in [-0.3, -0.25) is 4.79 Å². The van der Waals surface area contributed by atoms with Gasteiger partial charge in [0.05, 0.1) is 0 Å². The molecule has 0 unspecified atom stereocenters. The maximum absolute atomic E-state index is 11.7. The molecule has 1 amide bonds. The van der Waals surface area contributed by atoms with Crippen LogP contribution in [0.4, 0.5) is 5.13 Å². The molecule has 0 radical (unpaired) electrons. The van der Waals surface area contributed by atoms with E-state index in [4.69, 9.17) is 17.3 Å². The van der Waals surface area contributed by atoms with E-state index in [1.807, 2.05) is 18.2 Å². The number of nitrogens with two attached hydrogens (primary N) is 1. The normalized spacial score (nSPS) is 10.2. The van der Waals surface area contributed by atoms with E-state index in [0.717, 1.165) is 5.56 Å². The Kier molecular flexibility index (Phi) is 3.61. The van der Waals surface area contributed by atoms with E-state index in [1.165, 1.54) is 11.3 Å². The van der Waals surface area contributed by atoms with Crippen molar-refractivity contribution in [3.8, 4) is 0 Å². The number of halogens is 1. The lowest BCUT2D eigenvalue weighted by Gasteiger charge is -2.05. The molecule has 0 fully saturated rings. The Hall–Kier alpha value is -1.59. The van der Waals surface area contributed by atoms with Gasteiger partial charge in [0.25, 0.3) is 5.91 Å². The number of carbonyl (C=O) groups is 1. The van der Waals surface area contributed by atoms with Gasteiger partial charge in [0.15, 0.2) is 5.13 Å². The summed E-state index contributed by atoms with van der Waals surface area (Å²) in [7, 11) is 0. The van der Waals surface area contributed by atoms with E-state index < -0.39 is 0 Å². The largest absolute Gasteiger partial charge is 0.375 e. The summed E-state index contributed by atoms with van der Waals surface area (Å²) in [5, 5.41) is 5.37. The molecule has 0 bridgehead atoms. The van der Waals surface area contributed by atoms with Crippen LogP contribution >= 0.6 is 22.9 Å². The van der Waals surface area contributed by atoms with Crippen molar-refractivity contribution in [2.75, 3.05) is 5.73 Å². The fourth-order valence-electron chi connectivity index (χ4n) is 1.30. The minimum absolute atomic E-state index is 0.252. The Morgan fingerprint density at radius 1 is 1.47 bits per heavy atom. The number of aromatic nitrogens is 1. The Balaban J connectivity index is 1.99. The number of nitrogens with zero attached hydrogens (tertiary/aromatic N) is 1. The summed E-state index contributed by atoms with van der Waals surface area (Å²) < 4.78 is 0. The van der Waals surface area contributed by atoms with Crippen LogP contribution in [0.1, 0.15) is 16.1 Å². The zero-order valence-corrected chi connectivity index (χ0v) is 10.4. The summed E-state index contributed by atoms with van der Waals surface area (Å²) in [5.41, 5.74) is 6.65. The minimum Gasteiger partial charge on any atom is -0.375 e. The van der Waals surface area contributed by atoms with Crippen LogP contribution in [0.15, 0.2) is 29.6 Å². The van der Waals surface area contributed by atoms with E-state index >= 15 is 0 Å².